The fourth-order valence-corrected chi connectivity index (χ4v) is 8.34. The third kappa shape index (κ3) is 4.02. The van der Waals surface area contributed by atoms with Gasteiger partial charge in [0.15, 0.2) is 8.32 Å². The van der Waals surface area contributed by atoms with Crippen LogP contribution in [0.25, 0.3) is 0 Å². The van der Waals surface area contributed by atoms with Gasteiger partial charge in [-0.3, -0.25) is 4.79 Å². The van der Waals surface area contributed by atoms with E-state index < -0.39 is 16.6 Å². The average Bonchev–Trinajstić information content (AvgIpc) is 2.86. The zero-order chi connectivity index (χ0) is 21.2. The van der Waals surface area contributed by atoms with Crippen LogP contribution in [0.1, 0.15) is 49.7 Å². The molecule has 5 heteroatoms. The van der Waals surface area contributed by atoms with Crippen molar-refractivity contribution < 1.29 is 13.6 Å². The number of carbonyl (C=O) groups is 1. The van der Waals surface area contributed by atoms with E-state index in [4.69, 9.17) is 8.85 Å². The van der Waals surface area contributed by atoms with Gasteiger partial charge in [0.2, 0.25) is 8.32 Å². The number of carbonyl (C=O) groups excluding carboxylic acids is 1. The second kappa shape index (κ2) is 7.06. The molecular weight excluding hydrogens is 392 g/mol. The molecule has 5 atom stereocenters. The van der Waals surface area contributed by atoms with Crippen molar-refractivity contribution in [3.05, 3.63) is 29.3 Å². The Morgan fingerprint density at radius 1 is 1.00 bits per heavy atom. The van der Waals surface area contributed by atoms with Crippen LogP contribution in [0.3, 0.4) is 0 Å². The molecule has 4 rings (SSSR count). The minimum absolute atomic E-state index is 0.165. The molecule has 0 saturated heterocycles. The maximum atomic E-state index is 12.9. The maximum Gasteiger partial charge on any atom is 0.242 e. The molecule has 2 saturated carbocycles. The SMILES string of the molecule is C[C@]12C[C@H](O[Si](C)(C)C)[C@@H]3c4ccc(O[Si](C)(C)C)cc4CC[C@H]3[C@@H]1CCC2=O. The molecule has 160 valence electrons. The van der Waals surface area contributed by atoms with Crippen molar-refractivity contribution in [3.63, 3.8) is 0 Å². The molecule has 1 aromatic rings. The Kier molecular flexibility index (Phi) is 5.19. The molecule has 3 aliphatic rings. The van der Waals surface area contributed by atoms with Crippen LogP contribution >= 0.6 is 0 Å². The molecule has 2 fully saturated rings. The van der Waals surface area contributed by atoms with Crippen molar-refractivity contribution in [1.29, 1.82) is 0 Å². The number of fused-ring (bicyclic) bond motifs is 5. The van der Waals surface area contributed by atoms with Crippen LogP contribution in [0.4, 0.5) is 0 Å². The number of benzene rings is 1. The van der Waals surface area contributed by atoms with Gasteiger partial charge in [-0.1, -0.05) is 13.0 Å². The van der Waals surface area contributed by atoms with Gasteiger partial charge < -0.3 is 8.85 Å². The predicted molar refractivity (Wildman–Crippen MR) is 124 cm³/mol. The predicted octanol–water partition coefficient (Wildman–Crippen LogP) is 6.16. The molecule has 0 heterocycles. The molecule has 0 spiro atoms. The van der Waals surface area contributed by atoms with Crippen LogP contribution in [-0.2, 0) is 15.6 Å². The van der Waals surface area contributed by atoms with E-state index in [-0.39, 0.29) is 11.5 Å². The summed E-state index contributed by atoms with van der Waals surface area (Å²) in [6.45, 7) is 15.8. The Morgan fingerprint density at radius 3 is 2.38 bits per heavy atom. The zero-order valence-corrected chi connectivity index (χ0v) is 21.3. The Hall–Kier alpha value is -0.916. The summed E-state index contributed by atoms with van der Waals surface area (Å²) in [5.74, 6) is 3.02. The van der Waals surface area contributed by atoms with Crippen LogP contribution in [0.15, 0.2) is 18.2 Å². The number of aryl methyl sites for hydroxylation is 1. The summed E-state index contributed by atoms with van der Waals surface area (Å²) < 4.78 is 13.1. The summed E-state index contributed by atoms with van der Waals surface area (Å²) in [6.07, 6.45) is 5.17. The standard InChI is InChI=1S/C24H38O3Si2/c1-24-15-21(27-29(5,6)7)23-18-11-9-17(26-28(2,3)4)14-16(18)8-10-19(23)20(24)12-13-22(24)25/h9,11,14,19-21,23H,8,10,12-13,15H2,1-7H3/t19-,20-,21-,23+,24-/m0/s1. The van der Waals surface area contributed by atoms with Crippen LogP contribution < -0.4 is 4.43 Å². The highest BCUT2D eigenvalue weighted by Crippen LogP contribution is 2.60. The summed E-state index contributed by atoms with van der Waals surface area (Å²) in [4.78, 5) is 12.9. The Bertz CT molecular complexity index is 807. The molecular formula is C24H38O3Si2. The van der Waals surface area contributed by atoms with Crippen LogP contribution in [0.5, 0.6) is 5.75 Å². The first-order chi connectivity index (χ1) is 13.4. The summed E-state index contributed by atoms with van der Waals surface area (Å²) in [7, 11) is -3.33. The van der Waals surface area contributed by atoms with Gasteiger partial charge in [-0.2, -0.15) is 0 Å². The molecule has 0 unspecified atom stereocenters. The largest absolute Gasteiger partial charge is 0.544 e. The second-order valence-corrected chi connectivity index (χ2v) is 20.7. The maximum absolute atomic E-state index is 12.9. The first kappa shape index (κ1) is 21.3. The van der Waals surface area contributed by atoms with Crippen LogP contribution in [0.2, 0.25) is 39.3 Å². The fourth-order valence-electron chi connectivity index (χ4n) is 6.36. The van der Waals surface area contributed by atoms with E-state index in [2.05, 4.69) is 64.4 Å². The van der Waals surface area contributed by atoms with Crippen molar-refractivity contribution in [3.8, 4) is 5.75 Å². The van der Waals surface area contributed by atoms with Crippen molar-refractivity contribution in [1.82, 2.24) is 0 Å². The van der Waals surface area contributed by atoms with E-state index in [0.717, 1.165) is 31.4 Å². The first-order valence-corrected chi connectivity index (χ1v) is 18.2. The van der Waals surface area contributed by atoms with E-state index in [1.54, 1.807) is 0 Å². The first-order valence-electron chi connectivity index (χ1n) is 11.4. The molecule has 0 bridgehead atoms. The topological polar surface area (TPSA) is 35.5 Å². The lowest BCUT2D eigenvalue weighted by Gasteiger charge is -2.53. The third-order valence-electron chi connectivity index (χ3n) is 7.29. The quantitative estimate of drug-likeness (QED) is 0.537. The van der Waals surface area contributed by atoms with Gasteiger partial charge in [-0.25, -0.2) is 0 Å². The molecule has 3 nitrogen and oxygen atoms in total. The molecule has 29 heavy (non-hydrogen) atoms. The summed E-state index contributed by atoms with van der Waals surface area (Å²) in [5.41, 5.74) is 2.73. The Morgan fingerprint density at radius 2 is 1.72 bits per heavy atom. The van der Waals surface area contributed by atoms with E-state index in [9.17, 15) is 4.79 Å². The van der Waals surface area contributed by atoms with E-state index in [1.165, 1.54) is 17.5 Å². The van der Waals surface area contributed by atoms with E-state index >= 15 is 0 Å². The van der Waals surface area contributed by atoms with Gasteiger partial charge in [0, 0.05) is 17.8 Å². The van der Waals surface area contributed by atoms with E-state index in [1.807, 2.05) is 0 Å². The fraction of sp³-hybridized carbons (Fsp3) is 0.708. The van der Waals surface area contributed by atoms with Crippen molar-refractivity contribution >= 4 is 22.4 Å². The van der Waals surface area contributed by atoms with Gasteiger partial charge in [0.1, 0.15) is 11.5 Å². The van der Waals surface area contributed by atoms with Gasteiger partial charge in [0.25, 0.3) is 0 Å². The number of hydrogen-bond acceptors (Lipinski definition) is 3. The molecule has 0 aromatic heterocycles. The van der Waals surface area contributed by atoms with Crippen molar-refractivity contribution in [2.75, 3.05) is 0 Å². The molecule has 1 aromatic carbocycles. The summed E-state index contributed by atoms with van der Waals surface area (Å²) >= 11 is 0. The van der Waals surface area contributed by atoms with Gasteiger partial charge in [-0.15, -0.1) is 0 Å². The second-order valence-electron chi connectivity index (χ2n) is 11.8. The Labute approximate surface area is 178 Å². The third-order valence-corrected chi connectivity index (χ3v) is 9.15. The monoisotopic (exact) mass is 430 g/mol. The highest BCUT2D eigenvalue weighted by atomic mass is 28.4. The van der Waals surface area contributed by atoms with Gasteiger partial charge in [-0.05, 0) is 100 Å². The lowest BCUT2D eigenvalue weighted by atomic mass is 9.54. The minimum Gasteiger partial charge on any atom is -0.544 e. The van der Waals surface area contributed by atoms with Gasteiger partial charge in [0.05, 0.1) is 6.10 Å². The smallest absolute Gasteiger partial charge is 0.242 e. The normalized spacial score (nSPS) is 34.4. The molecule has 0 N–H and O–H groups in total. The average molecular weight is 431 g/mol. The molecule has 0 amide bonds. The summed E-state index contributed by atoms with van der Waals surface area (Å²) in [6, 6.07) is 6.79. The number of ketones is 1. The Balaban J connectivity index is 1.73. The number of Topliss-reactive ketones (excluding diaryl/α,β-unsaturated/α-hetero) is 1. The minimum atomic E-state index is -1.71. The van der Waals surface area contributed by atoms with E-state index in [0.29, 0.717) is 23.5 Å². The highest BCUT2D eigenvalue weighted by molar-refractivity contribution is 6.70. The summed E-state index contributed by atoms with van der Waals surface area (Å²) in [5, 5.41) is 0. The van der Waals surface area contributed by atoms with Crippen molar-refractivity contribution in [2.45, 2.75) is 90.3 Å². The molecule has 0 radical (unpaired) electrons. The number of hydrogen-bond donors (Lipinski definition) is 0. The van der Waals surface area contributed by atoms with Crippen LogP contribution in [-0.4, -0.2) is 28.5 Å². The van der Waals surface area contributed by atoms with Crippen molar-refractivity contribution in [2.24, 2.45) is 17.3 Å². The zero-order valence-electron chi connectivity index (χ0n) is 19.3. The molecule has 0 aliphatic heterocycles. The van der Waals surface area contributed by atoms with Crippen LogP contribution in [0, 0.1) is 17.3 Å². The number of rotatable bonds is 4. The molecule has 3 aliphatic carbocycles. The lowest BCUT2D eigenvalue weighted by Crippen LogP contribution is -2.52. The van der Waals surface area contributed by atoms with Gasteiger partial charge >= 0.3 is 0 Å². The highest BCUT2D eigenvalue weighted by Gasteiger charge is 2.58. The lowest BCUT2D eigenvalue weighted by molar-refractivity contribution is -0.133.